The van der Waals surface area contributed by atoms with Gasteiger partial charge in [-0.2, -0.15) is 0 Å². The van der Waals surface area contributed by atoms with E-state index in [9.17, 15) is 9.59 Å². The fraction of sp³-hybridized carbons (Fsp3) is 0.133. The summed E-state index contributed by atoms with van der Waals surface area (Å²) in [7, 11) is 0. The van der Waals surface area contributed by atoms with Gasteiger partial charge >= 0.3 is 0 Å². The van der Waals surface area contributed by atoms with E-state index in [1.54, 1.807) is 6.07 Å². The first-order chi connectivity index (χ1) is 10.5. The van der Waals surface area contributed by atoms with Crippen molar-refractivity contribution in [1.29, 1.82) is 0 Å². The number of rotatable bonds is 3. The molecule has 1 N–H and O–H groups in total. The van der Waals surface area contributed by atoms with E-state index in [1.807, 2.05) is 30.5 Å². The van der Waals surface area contributed by atoms with Crippen molar-refractivity contribution < 1.29 is 4.79 Å². The Kier molecular flexibility index (Phi) is 4.25. The number of halogens is 1. The number of aryl methyl sites for hydroxylation is 1. The van der Waals surface area contributed by atoms with Crippen LogP contribution in [-0.4, -0.2) is 15.5 Å². The second-order valence-electron chi connectivity index (χ2n) is 4.82. The third kappa shape index (κ3) is 3.05. The zero-order valence-corrected chi connectivity index (χ0v) is 14.6. The van der Waals surface area contributed by atoms with E-state index in [0.29, 0.717) is 10.2 Å². The molecule has 0 aliphatic heterocycles. The molecule has 0 saturated heterocycles. The topological polar surface area (TPSA) is 64.0 Å². The molecule has 0 fully saturated rings. The fourth-order valence-electron chi connectivity index (χ4n) is 2.12. The van der Waals surface area contributed by atoms with E-state index in [0.717, 1.165) is 14.8 Å². The number of hydrogen-bond acceptors (Lipinski definition) is 4. The van der Waals surface area contributed by atoms with Crippen LogP contribution in [0, 0.1) is 10.5 Å². The molecule has 0 aliphatic carbocycles. The van der Waals surface area contributed by atoms with Crippen LogP contribution in [0.5, 0.6) is 0 Å². The van der Waals surface area contributed by atoms with Crippen LogP contribution in [0.15, 0.2) is 40.8 Å². The number of nitrogens with zero attached hydrogens (tertiary/aromatic N) is 2. The van der Waals surface area contributed by atoms with Crippen LogP contribution < -0.4 is 10.9 Å². The van der Waals surface area contributed by atoms with Gasteiger partial charge in [0.25, 0.3) is 5.56 Å². The number of amides is 1. The summed E-state index contributed by atoms with van der Waals surface area (Å²) in [5.74, 6) is -0.247. The summed E-state index contributed by atoms with van der Waals surface area (Å²) >= 11 is 3.63. The largest absolute Gasteiger partial charge is 0.324 e. The third-order valence-corrected chi connectivity index (χ3v) is 4.72. The highest BCUT2D eigenvalue weighted by atomic mass is 127. The lowest BCUT2D eigenvalue weighted by Crippen LogP contribution is -2.27. The second kappa shape index (κ2) is 6.17. The van der Waals surface area contributed by atoms with Crippen LogP contribution >= 0.6 is 33.9 Å². The Morgan fingerprint density at radius 1 is 1.41 bits per heavy atom. The lowest BCUT2D eigenvalue weighted by Gasteiger charge is -2.10. The summed E-state index contributed by atoms with van der Waals surface area (Å²) in [5, 5.41) is 5.19. The molecule has 0 radical (unpaired) electrons. The van der Waals surface area contributed by atoms with Gasteiger partial charge in [-0.3, -0.25) is 14.2 Å². The number of nitrogens with one attached hydrogen (secondary N) is 1. The van der Waals surface area contributed by atoms with E-state index in [-0.39, 0.29) is 18.0 Å². The summed E-state index contributed by atoms with van der Waals surface area (Å²) < 4.78 is 2.43. The Hall–Kier alpha value is -1.74. The SMILES string of the molecule is Cc1cc(I)ccc1NC(=O)Cn1cnc2sccc2c1=O. The maximum absolute atomic E-state index is 12.2. The van der Waals surface area contributed by atoms with E-state index in [2.05, 4.69) is 32.9 Å². The van der Waals surface area contributed by atoms with E-state index in [1.165, 1.54) is 22.2 Å². The summed E-state index contributed by atoms with van der Waals surface area (Å²) in [6, 6.07) is 7.50. The van der Waals surface area contributed by atoms with Crippen molar-refractivity contribution in [2.45, 2.75) is 13.5 Å². The Balaban J connectivity index is 1.81. The number of thiophene rings is 1. The van der Waals surface area contributed by atoms with E-state index in [4.69, 9.17) is 0 Å². The molecule has 112 valence electrons. The smallest absolute Gasteiger partial charge is 0.262 e. The standard InChI is InChI=1S/C15H12IN3O2S/c1-9-6-10(16)2-3-12(9)18-13(20)7-19-8-17-14-11(15(19)21)4-5-22-14/h2-6,8H,7H2,1H3,(H,18,20). The normalized spacial score (nSPS) is 10.8. The van der Waals surface area contributed by atoms with Crippen LogP contribution in [0.3, 0.4) is 0 Å². The maximum Gasteiger partial charge on any atom is 0.262 e. The fourth-order valence-corrected chi connectivity index (χ4v) is 3.49. The molecule has 7 heteroatoms. The second-order valence-corrected chi connectivity index (χ2v) is 6.96. The number of carbonyl (C=O) groups excluding carboxylic acids is 1. The Labute approximate surface area is 144 Å². The molecular formula is C15H12IN3O2S. The van der Waals surface area contributed by atoms with Crippen LogP contribution in [0.25, 0.3) is 10.2 Å². The van der Waals surface area contributed by atoms with Gasteiger partial charge in [-0.15, -0.1) is 11.3 Å². The molecule has 22 heavy (non-hydrogen) atoms. The van der Waals surface area contributed by atoms with Crippen LogP contribution in [0.1, 0.15) is 5.56 Å². The zero-order valence-electron chi connectivity index (χ0n) is 11.7. The minimum atomic E-state index is -0.247. The summed E-state index contributed by atoms with van der Waals surface area (Å²) in [6.45, 7) is 1.88. The molecule has 0 unspecified atom stereocenters. The van der Waals surface area contributed by atoms with Gasteiger partial charge in [0.15, 0.2) is 0 Å². The van der Waals surface area contributed by atoms with Gasteiger partial charge in [0, 0.05) is 9.26 Å². The van der Waals surface area contributed by atoms with Crippen molar-refractivity contribution >= 4 is 55.7 Å². The molecule has 1 amide bonds. The lowest BCUT2D eigenvalue weighted by atomic mass is 10.2. The summed E-state index contributed by atoms with van der Waals surface area (Å²) in [6.07, 6.45) is 1.42. The van der Waals surface area contributed by atoms with Crippen molar-refractivity contribution in [3.8, 4) is 0 Å². The van der Waals surface area contributed by atoms with Gasteiger partial charge in [-0.05, 0) is 64.7 Å². The van der Waals surface area contributed by atoms with Crippen molar-refractivity contribution in [3.63, 3.8) is 0 Å². The van der Waals surface area contributed by atoms with Crippen molar-refractivity contribution in [2.24, 2.45) is 0 Å². The van der Waals surface area contributed by atoms with E-state index >= 15 is 0 Å². The molecule has 0 spiro atoms. The first-order valence-electron chi connectivity index (χ1n) is 6.53. The van der Waals surface area contributed by atoms with Gasteiger partial charge in [-0.25, -0.2) is 4.98 Å². The highest BCUT2D eigenvalue weighted by molar-refractivity contribution is 14.1. The Bertz CT molecular complexity index is 917. The third-order valence-electron chi connectivity index (χ3n) is 3.23. The van der Waals surface area contributed by atoms with Crippen LogP contribution in [0.4, 0.5) is 5.69 Å². The van der Waals surface area contributed by atoms with Crippen molar-refractivity contribution in [2.75, 3.05) is 5.32 Å². The van der Waals surface area contributed by atoms with Gasteiger partial charge < -0.3 is 5.32 Å². The Morgan fingerprint density at radius 2 is 2.23 bits per heavy atom. The van der Waals surface area contributed by atoms with Crippen molar-refractivity contribution in [3.05, 3.63) is 55.5 Å². The number of hydrogen-bond donors (Lipinski definition) is 1. The molecule has 3 aromatic rings. The molecule has 0 aliphatic rings. The zero-order chi connectivity index (χ0) is 15.7. The number of fused-ring (bicyclic) bond motifs is 1. The average molecular weight is 425 g/mol. The summed E-state index contributed by atoms with van der Waals surface area (Å²) in [5.41, 5.74) is 1.54. The monoisotopic (exact) mass is 425 g/mol. The molecule has 5 nitrogen and oxygen atoms in total. The maximum atomic E-state index is 12.2. The first-order valence-corrected chi connectivity index (χ1v) is 8.49. The highest BCUT2D eigenvalue weighted by Gasteiger charge is 2.10. The lowest BCUT2D eigenvalue weighted by molar-refractivity contribution is -0.116. The number of benzene rings is 1. The van der Waals surface area contributed by atoms with Gasteiger partial charge in [0.2, 0.25) is 5.91 Å². The number of aromatic nitrogens is 2. The molecule has 0 atom stereocenters. The highest BCUT2D eigenvalue weighted by Crippen LogP contribution is 2.18. The number of carbonyl (C=O) groups is 1. The van der Waals surface area contributed by atoms with Crippen LogP contribution in [0.2, 0.25) is 0 Å². The van der Waals surface area contributed by atoms with E-state index < -0.39 is 0 Å². The van der Waals surface area contributed by atoms with Crippen LogP contribution in [-0.2, 0) is 11.3 Å². The molecule has 0 bridgehead atoms. The minimum Gasteiger partial charge on any atom is -0.324 e. The molecule has 2 aromatic heterocycles. The molecule has 2 heterocycles. The first kappa shape index (κ1) is 15.2. The molecule has 3 rings (SSSR count). The number of anilines is 1. The molecule has 1 aromatic carbocycles. The van der Waals surface area contributed by atoms with Gasteiger partial charge in [0.05, 0.1) is 11.7 Å². The quantitative estimate of drug-likeness (QED) is 0.657. The predicted octanol–water partition coefficient (Wildman–Crippen LogP) is 3.01. The summed E-state index contributed by atoms with van der Waals surface area (Å²) in [4.78, 5) is 29.3. The predicted molar refractivity (Wildman–Crippen MR) is 96.4 cm³/mol. The van der Waals surface area contributed by atoms with Crippen molar-refractivity contribution in [1.82, 2.24) is 9.55 Å². The van der Waals surface area contributed by atoms with Gasteiger partial charge in [-0.1, -0.05) is 0 Å². The average Bonchev–Trinajstić information content (AvgIpc) is 2.94. The molecule has 0 saturated carbocycles. The van der Waals surface area contributed by atoms with Gasteiger partial charge in [0.1, 0.15) is 11.4 Å². The minimum absolute atomic E-state index is 0.0525. The Morgan fingerprint density at radius 3 is 3.00 bits per heavy atom. The molecular weight excluding hydrogens is 413 g/mol.